The van der Waals surface area contributed by atoms with Gasteiger partial charge in [0.1, 0.15) is 23.6 Å². The number of halogens is 1. The van der Waals surface area contributed by atoms with E-state index in [0.717, 1.165) is 17.9 Å². The van der Waals surface area contributed by atoms with Crippen LogP contribution in [0.3, 0.4) is 0 Å². The molecular formula is C33H40FN4O7S+. The molecule has 1 fully saturated rings. The van der Waals surface area contributed by atoms with Gasteiger partial charge in [0.05, 0.1) is 36.7 Å². The van der Waals surface area contributed by atoms with E-state index in [-0.39, 0.29) is 29.1 Å². The fraction of sp³-hybridized carbons (Fsp3) is 0.364. The first-order valence-electron chi connectivity index (χ1n) is 14.7. The number of carboxylic acid groups (broad SMARTS) is 1. The van der Waals surface area contributed by atoms with Crippen LogP contribution in [0.25, 0.3) is 0 Å². The summed E-state index contributed by atoms with van der Waals surface area (Å²) in [4.78, 5) is 40.7. The standard InChI is InChI=1S/C33H39FN4O7S/c1-20(22-12-14-25(34)15-13-22)38(5,46(6,44)45)26-18-23(17-24(19-26)32(42)43)30(40)35-27(16-21-10-8-7-9-11-21)29(39)28-31(41)37(4)33(2,3)36-28/h7-15,17-20,27-29,36,39H,16H2,1-6H3,(H-,35,40,42,43)/p+1/t20-,27+,28+,29+,38?/m1/s1. The summed E-state index contributed by atoms with van der Waals surface area (Å²) in [7, 11) is -1.06. The van der Waals surface area contributed by atoms with E-state index < -0.39 is 61.5 Å². The molecule has 46 heavy (non-hydrogen) atoms. The number of aliphatic hydroxyl groups excluding tert-OH is 1. The van der Waals surface area contributed by atoms with Crippen molar-refractivity contribution >= 4 is 33.5 Å². The Morgan fingerprint density at radius 2 is 1.65 bits per heavy atom. The molecule has 0 bridgehead atoms. The van der Waals surface area contributed by atoms with Gasteiger partial charge in [-0.25, -0.2) is 9.18 Å². The summed E-state index contributed by atoms with van der Waals surface area (Å²) in [5.41, 5.74) is -0.0429. The Kier molecular flexibility index (Phi) is 9.74. The number of quaternary nitrogens is 1. The van der Waals surface area contributed by atoms with Crippen LogP contribution >= 0.6 is 0 Å². The van der Waals surface area contributed by atoms with E-state index in [2.05, 4.69) is 10.6 Å². The molecule has 1 heterocycles. The van der Waals surface area contributed by atoms with Gasteiger partial charge in [0.25, 0.3) is 15.9 Å². The number of carbonyl (C=O) groups is 3. The van der Waals surface area contributed by atoms with Gasteiger partial charge in [-0.1, -0.05) is 42.5 Å². The van der Waals surface area contributed by atoms with Crippen LogP contribution in [-0.4, -0.2) is 85.5 Å². The summed E-state index contributed by atoms with van der Waals surface area (Å²) in [6.45, 7) is 5.18. The van der Waals surface area contributed by atoms with Crippen molar-refractivity contribution in [3.63, 3.8) is 0 Å². The van der Waals surface area contributed by atoms with Crippen molar-refractivity contribution in [2.24, 2.45) is 0 Å². The molecule has 0 aliphatic carbocycles. The van der Waals surface area contributed by atoms with Crippen LogP contribution in [0.4, 0.5) is 10.1 Å². The lowest BCUT2D eigenvalue weighted by Gasteiger charge is -2.37. The number of carbonyl (C=O) groups excluding carboxylic acids is 2. The molecule has 3 aromatic rings. The predicted octanol–water partition coefficient (Wildman–Crippen LogP) is 3.05. The van der Waals surface area contributed by atoms with E-state index in [0.29, 0.717) is 5.56 Å². The van der Waals surface area contributed by atoms with Crippen LogP contribution in [0.2, 0.25) is 0 Å². The highest BCUT2D eigenvalue weighted by Crippen LogP contribution is 2.38. The molecule has 0 spiro atoms. The van der Waals surface area contributed by atoms with Gasteiger partial charge >= 0.3 is 5.97 Å². The van der Waals surface area contributed by atoms with Crippen LogP contribution in [0.5, 0.6) is 0 Å². The second kappa shape index (κ2) is 12.9. The molecule has 246 valence electrons. The van der Waals surface area contributed by atoms with Crippen molar-refractivity contribution in [2.75, 3.05) is 20.4 Å². The highest BCUT2D eigenvalue weighted by atomic mass is 32.2. The second-order valence-corrected chi connectivity index (χ2v) is 14.6. The lowest BCUT2D eigenvalue weighted by Crippen LogP contribution is -2.56. The topological polar surface area (TPSA) is 153 Å². The zero-order valence-electron chi connectivity index (χ0n) is 26.6. The summed E-state index contributed by atoms with van der Waals surface area (Å²) in [5, 5.41) is 27.4. The summed E-state index contributed by atoms with van der Waals surface area (Å²) < 4.78 is 39.6. The van der Waals surface area contributed by atoms with Gasteiger partial charge in [-0.15, -0.1) is 0 Å². The van der Waals surface area contributed by atoms with Gasteiger partial charge in [-0.2, -0.15) is 12.3 Å². The Hall–Kier alpha value is -4.17. The number of carboxylic acids is 1. The first kappa shape index (κ1) is 34.7. The number of aromatic carboxylic acids is 1. The average Bonchev–Trinajstić information content (AvgIpc) is 3.22. The van der Waals surface area contributed by atoms with E-state index in [4.69, 9.17) is 0 Å². The molecule has 2 amide bonds. The van der Waals surface area contributed by atoms with Crippen LogP contribution in [-0.2, 0) is 21.2 Å². The number of hydrogen-bond acceptors (Lipinski definition) is 7. The molecule has 1 aliphatic heterocycles. The molecule has 5 atom stereocenters. The summed E-state index contributed by atoms with van der Waals surface area (Å²) in [6.07, 6.45) is -0.261. The highest BCUT2D eigenvalue weighted by molar-refractivity contribution is 7.90. The summed E-state index contributed by atoms with van der Waals surface area (Å²) >= 11 is 0. The van der Waals surface area contributed by atoms with Gasteiger partial charge in [0.2, 0.25) is 5.91 Å². The molecule has 4 N–H and O–H groups in total. The third kappa shape index (κ3) is 6.82. The van der Waals surface area contributed by atoms with E-state index in [1.165, 1.54) is 48.3 Å². The number of nitrogens with one attached hydrogen (secondary N) is 2. The third-order valence-corrected chi connectivity index (χ3v) is 10.9. The molecule has 0 aromatic heterocycles. The van der Waals surface area contributed by atoms with Crippen LogP contribution in [0, 0.1) is 5.82 Å². The number of nitrogens with zero attached hydrogens (tertiary/aromatic N) is 2. The number of sulfonamides is 1. The first-order valence-corrected chi connectivity index (χ1v) is 16.5. The molecule has 4 rings (SSSR count). The van der Waals surface area contributed by atoms with Crippen molar-refractivity contribution in [3.8, 4) is 0 Å². The zero-order chi connectivity index (χ0) is 34.2. The maximum absolute atomic E-state index is 13.9. The van der Waals surface area contributed by atoms with Crippen LogP contribution in [0.1, 0.15) is 58.7 Å². The zero-order valence-corrected chi connectivity index (χ0v) is 27.4. The molecule has 0 saturated carbocycles. The van der Waals surface area contributed by atoms with Crippen molar-refractivity contribution in [1.29, 1.82) is 0 Å². The normalized spacial score (nSPS) is 19.6. The Balaban J connectivity index is 1.77. The summed E-state index contributed by atoms with van der Waals surface area (Å²) in [6, 6.07) is 15.0. The van der Waals surface area contributed by atoms with Gasteiger partial charge in [0, 0.05) is 30.3 Å². The van der Waals surface area contributed by atoms with E-state index >= 15 is 0 Å². The number of rotatable bonds is 11. The van der Waals surface area contributed by atoms with E-state index in [1.807, 2.05) is 6.07 Å². The molecule has 3 aromatic carbocycles. The van der Waals surface area contributed by atoms with E-state index in [9.17, 15) is 37.4 Å². The third-order valence-electron chi connectivity index (χ3n) is 9.03. The molecule has 11 nitrogen and oxygen atoms in total. The number of amides is 2. The van der Waals surface area contributed by atoms with Gasteiger partial charge in [-0.05, 0) is 51.0 Å². The summed E-state index contributed by atoms with van der Waals surface area (Å²) in [5.74, 6) is -3.04. The van der Waals surface area contributed by atoms with Gasteiger partial charge in [-0.3, -0.25) is 14.9 Å². The van der Waals surface area contributed by atoms with Crippen molar-refractivity contribution < 1.29 is 37.4 Å². The molecule has 13 heteroatoms. The minimum absolute atomic E-state index is 0.0134. The first-order chi connectivity index (χ1) is 21.4. The van der Waals surface area contributed by atoms with Crippen LogP contribution in [0.15, 0.2) is 72.8 Å². The smallest absolute Gasteiger partial charge is 0.335 e. The Labute approximate surface area is 268 Å². The van der Waals surface area contributed by atoms with Crippen molar-refractivity contribution in [2.45, 2.75) is 57.1 Å². The van der Waals surface area contributed by atoms with E-state index in [1.54, 1.807) is 52.1 Å². The average molecular weight is 656 g/mol. The monoisotopic (exact) mass is 655 g/mol. The molecule has 1 unspecified atom stereocenters. The molecule has 1 saturated heterocycles. The van der Waals surface area contributed by atoms with Gasteiger partial charge < -0.3 is 20.4 Å². The molecule has 1 aliphatic rings. The van der Waals surface area contributed by atoms with Crippen molar-refractivity contribution in [3.05, 3.63) is 101 Å². The highest BCUT2D eigenvalue weighted by Gasteiger charge is 2.48. The number of benzene rings is 3. The largest absolute Gasteiger partial charge is 0.478 e. The Bertz CT molecular complexity index is 1730. The maximum Gasteiger partial charge on any atom is 0.335 e. The molecule has 0 radical (unpaired) electrons. The predicted molar refractivity (Wildman–Crippen MR) is 172 cm³/mol. The fourth-order valence-electron chi connectivity index (χ4n) is 5.71. The maximum atomic E-state index is 13.9. The fourth-order valence-corrected chi connectivity index (χ4v) is 6.90. The van der Waals surface area contributed by atoms with Gasteiger partial charge in [0.15, 0.2) is 0 Å². The lowest BCUT2D eigenvalue weighted by atomic mass is 9.95. The number of hydrogen-bond donors (Lipinski definition) is 4. The number of likely N-dealkylation sites (N-methyl/N-ethyl adjacent to an activating group) is 1. The van der Waals surface area contributed by atoms with Crippen LogP contribution < -0.4 is 14.5 Å². The minimum atomic E-state index is -4.04. The molecular weight excluding hydrogens is 615 g/mol. The Morgan fingerprint density at radius 1 is 1.07 bits per heavy atom. The SMILES string of the molecule is C[C@H](c1ccc(F)cc1)[N+](C)(c1cc(C(=O)O)cc(C(=O)N[C@@H](Cc2ccccc2)[C@H](O)[C@@H]2NC(C)(C)N(C)C2=O)c1)S(C)(=O)=O. The minimum Gasteiger partial charge on any atom is -0.478 e. The quantitative estimate of drug-likeness (QED) is 0.230. The number of aliphatic hydroxyl groups is 1. The second-order valence-electron chi connectivity index (χ2n) is 12.4. The van der Waals surface area contributed by atoms with Crippen molar-refractivity contribution in [1.82, 2.24) is 19.4 Å². The Morgan fingerprint density at radius 3 is 2.17 bits per heavy atom. The lowest BCUT2D eigenvalue weighted by molar-refractivity contribution is -0.132.